The molecule has 0 aromatic heterocycles. The van der Waals surface area contributed by atoms with E-state index in [0.29, 0.717) is 16.7 Å². The standard InChI is InChI=1S/C39H34O14/c40-24-9-1-21(2-10-24)5-15-33(45)49-20-32-36(47)38(53-34(46)16-6-22-3-11-25(41)12-4-22)37(48)39(52-32)50-27-17-28(43)35-29(44)19-30(51-31(35)18-27)23-7-13-26(42)14-8-23/h1-18,30,32,36-43,47-48H,19-20H2/b15-5+,16-6+/t30?,32-,36-,37-,38+,39-/m1/s1. The molecule has 6 N–H and O–H groups in total. The Labute approximate surface area is 302 Å². The molecule has 14 nitrogen and oxygen atoms in total. The molecule has 1 fully saturated rings. The summed E-state index contributed by atoms with van der Waals surface area (Å²) >= 11 is 0. The third kappa shape index (κ3) is 8.94. The average Bonchev–Trinajstić information content (AvgIpc) is 3.13. The molecule has 14 heteroatoms. The van der Waals surface area contributed by atoms with Gasteiger partial charge < -0.3 is 54.3 Å². The van der Waals surface area contributed by atoms with Crippen LogP contribution in [0.3, 0.4) is 0 Å². The van der Waals surface area contributed by atoms with E-state index >= 15 is 0 Å². The summed E-state index contributed by atoms with van der Waals surface area (Å²) in [5.74, 6) is -2.77. The van der Waals surface area contributed by atoms with E-state index < -0.39 is 66.9 Å². The molecule has 4 aromatic rings. The first kappa shape index (κ1) is 36.4. The Morgan fingerprint density at radius 3 is 1.92 bits per heavy atom. The van der Waals surface area contributed by atoms with Gasteiger partial charge in [0.2, 0.25) is 6.29 Å². The SMILES string of the molecule is O=C(/C=C/c1ccc(O)cc1)OC[C@H]1O[C@@H](Oc2cc(O)c3c(c2)OC(c2ccc(O)cc2)CC3=O)[C@H](O)[C@@H](OC(=O)/C=C/c2ccc(O)cc2)[C@@H]1O. The lowest BCUT2D eigenvalue weighted by molar-refractivity contribution is -0.281. The molecule has 6 rings (SSSR count). The van der Waals surface area contributed by atoms with Gasteiger partial charge in [0.25, 0.3) is 0 Å². The van der Waals surface area contributed by atoms with Gasteiger partial charge in [0.1, 0.15) is 65.0 Å². The van der Waals surface area contributed by atoms with Crippen molar-refractivity contribution in [3.63, 3.8) is 0 Å². The number of aliphatic hydroxyl groups is 2. The van der Waals surface area contributed by atoms with E-state index in [1.165, 1.54) is 54.6 Å². The van der Waals surface area contributed by atoms with Gasteiger partial charge in [0.05, 0.1) is 6.42 Å². The predicted octanol–water partition coefficient (Wildman–Crippen LogP) is 3.92. The van der Waals surface area contributed by atoms with Gasteiger partial charge in [0.15, 0.2) is 18.0 Å². The van der Waals surface area contributed by atoms with Gasteiger partial charge in [-0.3, -0.25) is 4.79 Å². The second-order valence-corrected chi connectivity index (χ2v) is 12.2. The van der Waals surface area contributed by atoms with Gasteiger partial charge in [-0.05, 0) is 65.2 Å². The van der Waals surface area contributed by atoms with Crippen molar-refractivity contribution >= 4 is 29.9 Å². The maximum absolute atomic E-state index is 13.0. The minimum atomic E-state index is -1.83. The maximum Gasteiger partial charge on any atom is 0.331 e. The van der Waals surface area contributed by atoms with Crippen LogP contribution in [-0.2, 0) is 23.8 Å². The number of ether oxygens (including phenoxy) is 5. The smallest absolute Gasteiger partial charge is 0.331 e. The van der Waals surface area contributed by atoms with Gasteiger partial charge in [-0.2, -0.15) is 0 Å². The Balaban J connectivity index is 1.21. The fraction of sp³-hybridized carbons (Fsp3) is 0.205. The van der Waals surface area contributed by atoms with Crippen LogP contribution in [-0.4, -0.2) is 85.7 Å². The third-order valence-electron chi connectivity index (χ3n) is 8.38. The molecule has 2 aliphatic rings. The number of carbonyl (C=O) groups is 3. The molecule has 2 heterocycles. The third-order valence-corrected chi connectivity index (χ3v) is 8.38. The van der Waals surface area contributed by atoms with Gasteiger partial charge in [0, 0.05) is 24.3 Å². The molecule has 6 atom stereocenters. The maximum atomic E-state index is 13.0. The molecule has 0 radical (unpaired) electrons. The van der Waals surface area contributed by atoms with E-state index in [-0.39, 0.29) is 40.7 Å². The molecule has 0 aliphatic carbocycles. The van der Waals surface area contributed by atoms with E-state index in [0.717, 1.165) is 18.2 Å². The number of hydrogen-bond acceptors (Lipinski definition) is 14. The molecule has 53 heavy (non-hydrogen) atoms. The minimum Gasteiger partial charge on any atom is -0.508 e. The van der Waals surface area contributed by atoms with Crippen LogP contribution in [0, 0.1) is 0 Å². The Bertz CT molecular complexity index is 2000. The normalized spacial score (nSPS) is 22.6. The van der Waals surface area contributed by atoms with Gasteiger partial charge >= 0.3 is 11.9 Å². The number of phenolic OH excluding ortho intramolecular Hbond substituents is 4. The first-order valence-corrected chi connectivity index (χ1v) is 16.3. The average molecular weight is 727 g/mol. The van der Waals surface area contributed by atoms with E-state index in [1.54, 1.807) is 36.4 Å². The monoisotopic (exact) mass is 726 g/mol. The van der Waals surface area contributed by atoms with Crippen molar-refractivity contribution in [2.75, 3.05) is 6.61 Å². The molecule has 0 spiro atoms. The number of aliphatic hydroxyl groups excluding tert-OH is 2. The Kier molecular flexibility index (Phi) is 10.9. The number of hydrogen-bond donors (Lipinski definition) is 6. The summed E-state index contributed by atoms with van der Waals surface area (Å²) < 4.78 is 28.4. The Morgan fingerprint density at radius 1 is 0.755 bits per heavy atom. The van der Waals surface area contributed by atoms with Gasteiger partial charge in [-0.15, -0.1) is 0 Å². The zero-order chi connectivity index (χ0) is 37.6. The number of ketones is 1. The lowest BCUT2D eigenvalue weighted by Crippen LogP contribution is -2.61. The van der Waals surface area contributed by atoms with E-state index in [2.05, 4.69) is 0 Å². The largest absolute Gasteiger partial charge is 0.508 e. The molecule has 0 bridgehead atoms. The molecular weight excluding hydrogens is 692 g/mol. The molecule has 2 aliphatic heterocycles. The fourth-order valence-corrected chi connectivity index (χ4v) is 5.65. The zero-order valence-corrected chi connectivity index (χ0v) is 27.7. The van der Waals surface area contributed by atoms with Crippen LogP contribution >= 0.6 is 0 Å². The molecular formula is C39H34O14. The highest BCUT2D eigenvalue weighted by atomic mass is 16.7. The second-order valence-electron chi connectivity index (χ2n) is 12.2. The van der Waals surface area contributed by atoms with Crippen LogP contribution in [0.1, 0.15) is 39.6 Å². The predicted molar refractivity (Wildman–Crippen MR) is 185 cm³/mol. The molecule has 0 saturated carbocycles. The van der Waals surface area contributed by atoms with Gasteiger partial charge in [-0.25, -0.2) is 9.59 Å². The molecule has 1 unspecified atom stereocenters. The van der Waals surface area contributed by atoms with E-state index in [9.17, 15) is 45.0 Å². The summed E-state index contributed by atoms with van der Waals surface area (Å²) in [7, 11) is 0. The van der Waals surface area contributed by atoms with Crippen LogP contribution < -0.4 is 9.47 Å². The zero-order valence-electron chi connectivity index (χ0n) is 27.7. The first-order chi connectivity index (χ1) is 25.4. The number of esters is 2. The topological polar surface area (TPSA) is 219 Å². The first-order valence-electron chi connectivity index (χ1n) is 16.3. The number of aromatic hydroxyl groups is 4. The highest BCUT2D eigenvalue weighted by Gasteiger charge is 2.48. The van der Waals surface area contributed by atoms with Crippen LogP contribution in [0.15, 0.2) is 97.1 Å². The van der Waals surface area contributed by atoms with Crippen molar-refractivity contribution in [2.24, 2.45) is 0 Å². The van der Waals surface area contributed by atoms with Crippen molar-refractivity contribution in [3.05, 3.63) is 119 Å². The molecule has 0 amide bonds. The lowest BCUT2D eigenvalue weighted by Gasteiger charge is -2.41. The molecule has 1 saturated heterocycles. The summed E-state index contributed by atoms with van der Waals surface area (Å²) in [5, 5.41) is 61.9. The fourth-order valence-electron chi connectivity index (χ4n) is 5.65. The number of rotatable bonds is 10. The van der Waals surface area contributed by atoms with Crippen molar-refractivity contribution < 1.29 is 68.7 Å². The van der Waals surface area contributed by atoms with E-state index in [1.807, 2.05) is 0 Å². The van der Waals surface area contributed by atoms with E-state index in [4.69, 9.17) is 23.7 Å². The number of carbonyl (C=O) groups excluding carboxylic acids is 3. The summed E-state index contributed by atoms with van der Waals surface area (Å²) in [6, 6.07) is 20.4. The number of benzene rings is 4. The number of fused-ring (bicyclic) bond motifs is 1. The van der Waals surface area contributed by atoms with Gasteiger partial charge in [-0.1, -0.05) is 36.4 Å². The van der Waals surface area contributed by atoms with Crippen LogP contribution in [0.2, 0.25) is 0 Å². The number of phenols is 4. The highest BCUT2D eigenvalue weighted by Crippen LogP contribution is 2.43. The summed E-state index contributed by atoms with van der Waals surface area (Å²) in [4.78, 5) is 38.4. The summed E-state index contributed by atoms with van der Waals surface area (Å²) in [5.41, 5.74) is 1.63. The molecule has 274 valence electrons. The highest BCUT2D eigenvalue weighted by molar-refractivity contribution is 6.02. The Hall–Kier alpha value is -6.35. The van der Waals surface area contributed by atoms with Crippen LogP contribution in [0.5, 0.6) is 34.5 Å². The second kappa shape index (κ2) is 15.9. The quantitative estimate of drug-likeness (QED) is 0.101. The lowest BCUT2D eigenvalue weighted by atomic mass is 9.95. The number of Topliss-reactive ketones (excluding diaryl/α,β-unsaturated/α-hetero) is 1. The minimum absolute atomic E-state index is 0.0226. The van der Waals surface area contributed by atoms with Crippen molar-refractivity contribution in [2.45, 2.75) is 43.2 Å². The van der Waals surface area contributed by atoms with Crippen LogP contribution in [0.4, 0.5) is 0 Å². The Morgan fingerprint density at radius 2 is 1.32 bits per heavy atom. The molecule has 4 aromatic carbocycles. The van der Waals surface area contributed by atoms with Crippen molar-refractivity contribution in [1.29, 1.82) is 0 Å². The summed E-state index contributed by atoms with van der Waals surface area (Å²) in [6.45, 7) is -0.578. The summed E-state index contributed by atoms with van der Waals surface area (Å²) in [6.07, 6.45) is -4.20. The van der Waals surface area contributed by atoms with Crippen molar-refractivity contribution in [1.82, 2.24) is 0 Å². The van der Waals surface area contributed by atoms with Crippen LogP contribution in [0.25, 0.3) is 12.2 Å². The van der Waals surface area contributed by atoms with Crippen molar-refractivity contribution in [3.8, 4) is 34.5 Å².